The van der Waals surface area contributed by atoms with Crippen molar-refractivity contribution in [2.75, 3.05) is 25.0 Å². The summed E-state index contributed by atoms with van der Waals surface area (Å²) in [6.45, 7) is 5.38. The second kappa shape index (κ2) is 8.71. The number of benzene rings is 2. The van der Waals surface area contributed by atoms with E-state index in [1.54, 1.807) is 17.0 Å². The van der Waals surface area contributed by atoms with Crippen molar-refractivity contribution in [3.05, 3.63) is 59.2 Å². The number of rotatable bonds is 5. The van der Waals surface area contributed by atoms with E-state index in [4.69, 9.17) is 4.74 Å². The summed E-state index contributed by atoms with van der Waals surface area (Å²) in [7, 11) is 0. The number of esters is 1. The van der Waals surface area contributed by atoms with E-state index in [1.807, 2.05) is 44.2 Å². The summed E-state index contributed by atoms with van der Waals surface area (Å²) < 4.78 is 5.31. The lowest BCUT2D eigenvalue weighted by atomic mass is 10.1. The number of piperidine rings is 1. The normalized spacial score (nSPS) is 13.9. The van der Waals surface area contributed by atoms with Gasteiger partial charge in [-0.05, 0) is 62.4 Å². The summed E-state index contributed by atoms with van der Waals surface area (Å²) in [6, 6.07) is 13.2. The maximum Gasteiger partial charge on any atom is 0.340 e. The molecule has 5 heteroatoms. The Balaban J connectivity index is 1.68. The molecule has 0 unspecified atom stereocenters. The minimum Gasteiger partial charge on any atom is -0.452 e. The Bertz CT molecular complexity index is 826. The average molecular weight is 366 g/mol. The van der Waals surface area contributed by atoms with E-state index in [-0.39, 0.29) is 12.5 Å². The minimum absolute atomic E-state index is 0.122. The predicted molar refractivity (Wildman–Crippen MR) is 106 cm³/mol. The molecular weight excluding hydrogens is 340 g/mol. The first-order valence-electron chi connectivity index (χ1n) is 9.43. The van der Waals surface area contributed by atoms with Gasteiger partial charge in [-0.1, -0.05) is 24.3 Å². The van der Waals surface area contributed by atoms with Crippen LogP contribution in [0.25, 0.3) is 0 Å². The minimum atomic E-state index is -0.492. The van der Waals surface area contributed by atoms with Crippen molar-refractivity contribution >= 4 is 23.3 Å². The van der Waals surface area contributed by atoms with Crippen LogP contribution in [0.2, 0.25) is 0 Å². The molecule has 1 aliphatic heterocycles. The summed E-state index contributed by atoms with van der Waals surface area (Å²) in [4.78, 5) is 26.6. The Hall–Kier alpha value is -2.82. The van der Waals surface area contributed by atoms with Crippen LogP contribution >= 0.6 is 0 Å². The fourth-order valence-corrected chi connectivity index (χ4v) is 3.24. The van der Waals surface area contributed by atoms with Crippen molar-refractivity contribution in [2.24, 2.45) is 0 Å². The van der Waals surface area contributed by atoms with E-state index in [2.05, 4.69) is 5.32 Å². The molecule has 1 heterocycles. The highest BCUT2D eigenvalue weighted by Gasteiger charge is 2.19. The molecule has 1 aliphatic rings. The number of anilines is 2. The monoisotopic (exact) mass is 366 g/mol. The van der Waals surface area contributed by atoms with E-state index in [0.717, 1.165) is 43.6 Å². The Morgan fingerprint density at radius 2 is 1.67 bits per heavy atom. The summed E-state index contributed by atoms with van der Waals surface area (Å²) in [5.74, 6) is -0.614. The number of nitrogens with one attached hydrogen (secondary N) is 1. The van der Waals surface area contributed by atoms with E-state index in [9.17, 15) is 9.59 Å². The van der Waals surface area contributed by atoms with Gasteiger partial charge in [-0.3, -0.25) is 4.79 Å². The van der Waals surface area contributed by atoms with E-state index >= 15 is 0 Å². The van der Waals surface area contributed by atoms with Gasteiger partial charge in [0.05, 0.1) is 11.3 Å². The number of hydrogen-bond acceptors (Lipinski definition) is 4. The molecule has 2 aromatic carbocycles. The van der Waals surface area contributed by atoms with Gasteiger partial charge >= 0.3 is 5.97 Å². The molecule has 3 rings (SSSR count). The quantitative estimate of drug-likeness (QED) is 0.805. The molecule has 1 amide bonds. The first-order chi connectivity index (χ1) is 13.1. The van der Waals surface area contributed by atoms with Gasteiger partial charge in [-0.25, -0.2) is 4.79 Å². The van der Waals surface area contributed by atoms with Gasteiger partial charge in [-0.2, -0.15) is 0 Å². The number of nitrogens with zero attached hydrogens (tertiary/aromatic N) is 1. The zero-order valence-corrected chi connectivity index (χ0v) is 16.0. The molecule has 1 N–H and O–H groups in total. The summed E-state index contributed by atoms with van der Waals surface area (Å²) in [5.41, 5.74) is 4.33. The lowest BCUT2D eigenvalue weighted by molar-refractivity contribution is -0.135. The second-order valence-corrected chi connectivity index (χ2v) is 6.94. The van der Waals surface area contributed by atoms with Gasteiger partial charge in [0.2, 0.25) is 0 Å². The zero-order chi connectivity index (χ0) is 19.2. The number of amides is 1. The second-order valence-electron chi connectivity index (χ2n) is 6.94. The van der Waals surface area contributed by atoms with E-state index in [1.165, 1.54) is 5.56 Å². The van der Waals surface area contributed by atoms with Crippen LogP contribution in [0.5, 0.6) is 0 Å². The molecule has 0 atom stereocenters. The van der Waals surface area contributed by atoms with E-state index in [0.29, 0.717) is 11.3 Å². The molecule has 5 nitrogen and oxygen atoms in total. The number of hydrogen-bond donors (Lipinski definition) is 1. The van der Waals surface area contributed by atoms with Crippen LogP contribution in [0.1, 0.15) is 40.7 Å². The largest absolute Gasteiger partial charge is 0.452 e. The number of likely N-dealkylation sites (tertiary alicyclic amines) is 1. The fourth-order valence-electron chi connectivity index (χ4n) is 3.24. The first-order valence-corrected chi connectivity index (χ1v) is 9.43. The topological polar surface area (TPSA) is 58.6 Å². The van der Waals surface area contributed by atoms with Crippen LogP contribution < -0.4 is 5.32 Å². The standard InChI is InChI=1S/C22H26N2O3/c1-16-9-8-12-19(17(16)2)23-20-11-5-4-10-18(20)22(26)27-15-21(25)24-13-6-3-7-14-24/h4-5,8-12,23H,3,6-7,13-15H2,1-2H3. The zero-order valence-electron chi connectivity index (χ0n) is 16.0. The summed E-state index contributed by atoms with van der Waals surface area (Å²) in [6.07, 6.45) is 3.19. The number of carbonyl (C=O) groups excluding carboxylic acids is 2. The Kier molecular flexibility index (Phi) is 6.12. The van der Waals surface area contributed by atoms with Crippen LogP contribution in [0.3, 0.4) is 0 Å². The molecule has 142 valence electrons. The van der Waals surface area contributed by atoms with Gasteiger partial charge < -0.3 is 15.0 Å². The third kappa shape index (κ3) is 4.67. The third-order valence-electron chi connectivity index (χ3n) is 5.06. The Morgan fingerprint density at radius 3 is 2.44 bits per heavy atom. The van der Waals surface area contributed by atoms with Crippen LogP contribution in [0, 0.1) is 13.8 Å². The maximum absolute atomic E-state index is 12.6. The van der Waals surface area contributed by atoms with Crippen molar-refractivity contribution in [2.45, 2.75) is 33.1 Å². The van der Waals surface area contributed by atoms with Crippen LogP contribution in [-0.4, -0.2) is 36.5 Å². The van der Waals surface area contributed by atoms with Crippen molar-refractivity contribution in [1.82, 2.24) is 4.90 Å². The highest BCUT2D eigenvalue weighted by Crippen LogP contribution is 2.25. The molecule has 1 fully saturated rings. The van der Waals surface area contributed by atoms with Gasteiger partial charge in [0, 0.05) is 18.8 Å². The lowest BCUT2D eigenvalue weighted by Gasteiger charge is -2.26. The van der Waals surface area contributed by atoms with Crippen LogP contribution in [-0.2, 0) is 9.53 Å². The smallest absolute Gasteiger partial charge is 0.340 e. The van der Waals surface area contributed by atoms with Crippen molar-refractivity contribution in [1.29, 1.82) is 0 Å². The van der Waals surface area contributed by atoms with Gasteiger partial charge in [0.1, 0.15) is 0 Å². The van der Waals surface area contributed by atoms with E-state index < -0.39 is 5.97 Å². The number of carbonyl (C=O) groups is 2. The fraction of sp³-hybridized carbons (Fsp3) is 0.364. The van der Waals surface area contributed by atoms with Gasteiger partial charge in [0.15, 0.2) is 6.61 Å². The van der Waals surface area contributed by atoms with Crippen molar-refractivity contribution in [3.63, 3.8) is 0 Å². The molecule has 0 radical (unpaired) electrons. The molecule has 0 spiro atoms. The summed E-state index contributed by atoms with van der Waals surface area (Å²) in [5, 5.41) is 3.32. The molecule has 2 aromatic rings. The molecule has 0 aliphatic carbocycles. The van der Waals surface area contributed by atoms with Crippen LogP contribution in [0.4, 0.5) is 11.4 Å². The van der Waals surface area contributed by atoms with Gasteiger partial charge in [0.25, 0.3) is 5.91 Å². The molecule has 1 saturated heterocycles. The molecular formula is C22H26N2O3. The predicted octanol–water partition coefficient (Wildman–Crippen LogP) is 4.22. The number of ether oxygens (including phenoxy) is 1. The van der Waals surface area contributed by atoms with Crippen LogP contribution in [0.15, 0.2) is 42.5 Å². The summed E-state index contributed by atoms with van der Waals surface area (Å²) >= 11 is 0. The molecule has 0 aromatic heterocycles. The van der Waals surface area contributed by atoms with Gasteiger partial charge in [-0.15, -0.1) is 0 Å². The highest BCUT2D eigenvalue weighted by atomic mass is 16.5. The molecule has 0 bridgehead atoms. The Labute approximate surface area is 160 Å². The van der Waals surface area contributed by atoms with Crippen molar-refractivity contribution < 1.29 is 14.3 Å². The third-order valence-corrected chi connectivity index (χ3v) is 5.06. The first kappa shape index (κ1) is 19.0. The SMILES string of the molecule is Cc1cccc(Nc2ccccc2C(=O)OCC(=O)N2CCCCC2)c1C. The Morgan fingerprint density at radius 1 is 0.963 bits per heavy atom. The number of para-hydroxylation sites is 1. The molecule has 27 heavy (non-hydrogen) atoms. The lowest BCUT2D eigenvalue weighted by Crippen LogP contribution is -2.38. The van der Waals surface area contributed by atoms with Crippen molar-refractivity contribution in [3.8, 4) is 0 Å². The maximum atomic E-state index is 12.6. The molecule has 0 saturated carbocycles. The highest BCUT2D eigenvalue weighted by molar-refractivity contribution is 5.97. The number of aryl methyl sites for hydroxylation is 1. The average Bonchev–Trinajstić information content (AvgIpc) is 2.70.